The van der Waals surface area contributed by atoms with Gasteiger partial charge in [0.1, 0.15) is 5.82 Å². The molecule has 108 valence electrons. The maximum absolute atomic E-state index is 13.3. The van der Waals surface area contributed by atoms with E-state index in [9.17, 15) is 9.18 Å². The second-order valence-electron chi connectivity index (χ2n) is 5.21. The molecule has 2 aromatic rings. The van der Waals surface area contributed by atoms with Crippen LogP contribution in [0.1, 0.15) is 27.2 Å². The van der Waals surface area contributed by atoms with Crippen molar-refractivity contribution in [3.8, 4) is 0 Å². The molecular formula is C14H17FN2O2S. The molecule has 0 fully saturated rings. The first-order valence-electron chi connectivity index (χ1n) is 6.38. The van der Waals surface area contributed by atoms with Crippen LogP contribution in [-0.4, -0.2) is 26.4 Å². The molecule has 0 unspecified atom stereocenters. The van der Waals surface area contributed by atoms with Gasteiger partial charge in [-0.05, 0) is 32.4 Å². The van der Waals surface area contributed by atoms with Gasteiger partial charge in [-0.1, -0.05) is 18.7 Å². The van der Waals surface area contributed by atoms with Crippen LogP contribution in [0, 0.1) is 5.82 Å². The van der Waals surface area contributed by atoms with Gasteiger partial charge in [0, 0.05) is 11.6 Å². The zero-order valence-corrected chi connectivity index (χ0v) is 12.5. The Bertz CT molecular complexity index is 652. The molecule has 20 heavy (non-hydrogen) atoms. The van der Waals surface area contributed by atoms with Gasteiger partial charge in [0.05, 0.1) is 16.8 Å². The zero-order valence-electron chi connectivity index (χ0n) is 11.7. The normalized spacial score (nSPS) is 12.0. The Kier molecular flexibility index (Phi) is 4.04. The number of carbonyl (C=O) groups is 1. The number of aliphatic carboxylic acids is 1. The number of carboxylic acid groups (broad SMARTS) is 1. The average molecular weight is 296 g/mol. The summed E-state index contributed by atoms with van der Waals surface area (Å²) in [6.45, 7) is 6.17. The average Bonchev–Trinajstić information content (AvgIpc) is 2.74. The number of rotatable bonds is 5. The Morgan fingerprint density at radius 1 is 1.50 bits per heavy atom. The van der Waals surface area contributed by atoms with Gasteiger partial charge in [0.2, 0.25) is 0 Å². The maximum atomic E-state index is 13.3. The molecule has 0 saturated carbocycles. The van der Waals surface area contributed by atoms with Crippen LogP contribution in [-0.2, 0) is 10.3 Å². The number of benzene rings is 1. The van der Waals surface area contributed by atoms with Crippen molar-refractivity contribution < 1.29 is 14.3 Å². The predicted octanol–water partition coefficient (Wildman–Crippen LogP) is 3.50. The first-order chi connectivity index (χ1) is 9.35. The largest absolute Gasteiger partial charge is 0.481 e. The van der Waals surface area contributed by atoms with Gasteiger partial charge in [-0.25, -0.2) is 9.37 Å². The molecule has 1 aromatic carbocycles. The van der Waals surface area contributed by atoms with E-state index in [0.29, 0.717) is 10.7 Å². The summed E-state index contributed by atoms with van der Waals surface area (Å²) in [4.78, 5) is 15.1. The molecule has 0 bridgehead atoms. The molecule has 4 nitrogen and oxygen atoms in total. The smallest absolute Gasteiger partial charge is 0.313 e. The van der Waals surface area contributed by atoms with Crippen LogP contribution in [0.25, 0.3) is 11.0 Å². The SMILES string of the molecule is CCC(C)(C)n1c(SCC(=O)O)nc2cc(F)ccc21. The fourth-order valence-corrected chi connectivity index (χ4v) is 2.89. The molecule has 0 amide bonds. The summed E-state index contributed by atoms with van der Waals surface area (Å²) in [5.74, 6) is -1.30. The van der Waals surface area contributed by atoms with Crippen LogP contribution in [0.15, 0.2) is 23.4 Å². The van der Waals surface area contributed by atoms with Crippen LogP contribution in [0.2, 0.25) is 0 Å². The van der Waals surface area contributed by atoms with Gasteiger partial charge >= 0.3 is 5.97 Å². The second kappa shape index (κ2) is 5.44. The minimum atomic E-state index is -0.894. The highest BCUT2D eigenvalue weighted by Crippen LogP contribution is 2.32. The van der Waals surface area contributed by atoms with Crippen molar-refractivity contribution in [2.24, 2.45) is 0 Å². The van der Waals surface area contributed by atoms with E-state index in [1.807, 2.05) is 4.57 Å². The summed E-state index contributed by atoms with van der Waals surface area (Å²) >= 11 is 1.16. The van der Waals surface area contributed by atoms with Crippen molar-refractivity contribution in [3.05, 3.63) is 24.0 Å². The summed E-state index contributed by atoms with van der Waals surface area (Å²) in [6.07, 6.45) is 0.858. The van der Waals surface area contributed by atoms with Gasteiger partial charge in [-0.3, -0.25) is 4.79 Å². The lowest BCUT2D eigenvalue weighted by molar-refractivity contribution is -0.133. The van der Waals surface area contributed by atoms with Gasteiger partial charge in [-0.15, -0.1) is 0 Å². The molecule has 0 aliphatic carbocycles. The number of thioether (sulfide) groups is 1. The highest BCUT2D eigenvalue weighted by Gasteiger charge is 2.25. The van der Waals surface area contributed by atoms with Crippen LogP contribution >= 0.6 is 11.8 Å². The van der Waals surface area contributed by atoms with E-state index in [1.165, 1.54) is 12.1 Å². The molecule has 0 spiro atoms. The minimum absolute atomic E-state index is 0.0639. The van der Waals surface area contributed by atoms with Crippen molar-refractivity contribution in [1.82, 2.24) is 9.55 Å². The van der Waals surface area contributed by atoms with Crippen molar-refractivity contribution in [3.63, 3.8) is 0 Å². The van der Waals surface area contributed by atoms with Crippen molar-refractivity contribution in [2.75, 3.05) is 5.75 Å². The molecule has 0 atom stereocenters. The van der Waals surface area contributed by atoms with Crippen LogP contribution in [0.5, 0.6) is 0 Å². The Labute approximate surface area is 121 Å². The summed E-state index contributed by atoms with van der Waals surface area (Å²) < 4.78 is 15.3. The van der Waals surface area contributed by atoms with E-state index in [1.54, 1.807) is 6.07 Å². The van der Waals surface area contributed by atoms with Crippen molar-refractivity contribution in [2.45, 2.75) is 37.9 Å². The summed E-state index contributed by atoms with van der Waals surface area (Å²) in [5.41, 5.74) is 1.17. The lowest BCUT2D eigenvalue weighted by Crippen LogP contribution is -2.26. The third kappa shape index (κ3) is 2.80. The lowest BCUT2D eigenvalue weighted by Gasteiger charge is -2.27. The van der Waals surface area contributed by atoms with Crippen LogP contribution in [0.4, 0.5) is 4.39 Å². The number of carboxylic acids is 1. The fraction of sp³-hybridized carbons (Fsp3) is 0.429. The minimum Gasteiger partial charge on any atom is -0.481 e. The van der Waals surface area contributed by atoms with Crippen molar-refractivity contribution >= 4 is 28.8 Å². The lowest BCUT2D eigenvalue weighted by atomic mass is 10.0. The molecule has 2 rings (SSSR count). The van der Waals surface area contributed by atoms with Crippen LogP contribution in [0.3, 0.4) is 0 Å². The molecule has 0 aliphatic rings. The quantitative estimate of drug-likeness (QED) is 0.858. The van der Waals surface area contributed by atoms with Crippen molar-refractivity contribution in [1.29, 1.82) is 0 Å². The summed E-state index contributed by atoms with van der Waals surface area (Å²) in [7, 11) is 0. The topological polar surface area (TPSA) is 55.1 Å². The van der Waals surface area contributed by atoms with E-state index < -0.39 is 5.97 Å². The molecule has 1 N–H and O–H groups in total. The summed E-state index contributed by atoms with van der Waals surface area (Å²) in [5, 5.41) is 9.44. The number of aromatic nitrogens is 2. The second-order valence-corrected chi connectivity index (χ2v) is 6.15. The fourth-order valence-electron chi connectivity index (χ4n) is 2.00. The first-order valence-corrected chi connectivity index (χ1v) is 7.37. The van der Waals surface area contributed by atoms with E-state index in [-0.39, 0.29) is 17.1 Å². The monoisotopic (exact) mass is 296 g/mol. The molecule has 6 heteroatoms. The number of imidazole rings is 1. The summed E-state index contributed by atoms with van der Waals surface area (Å²) in [6, 6.07) is 4.47. The first kappa shape index (κ1) is 14.8. The third-order valence-electron chi connectivity index (χ3n) is 3.38. The highest BCUT2D eigenvalue weighted by molar-refractivity contribution is 7.99. The number of nitrogens with zero attached hydrogens (tertiary/aromatic N) is 2. The highest BCUT2D eigenvalue weighted by atomic mass is 32.2. The number of fused-ring (bicyclic) bond motifs is 1. The van der Waals surface area contributed by atoms with Gasteiger partial charge < -0.3 is 9.67 Å². The molecule has 0 saturated heterocycles. The van der Waals surface area contributed by atoms with Gasteiger partial charge in [0.15, 0.2) is 5.16 Å². The Hall–Kier alpha value is -1.56. The maximum Gasteiger partial charge on any atom is 0.313 e. The Balaban J connectivity index is 2.59. The van der Waals surface area contributed by atoms with E-state index in [4.69, 9.17) is 5.11 Å². The number of hydrogen-bond acceptors (Lipinski definition) is 3. The molecular weight excluding hydrogens is 279 g/mol. The van der Waals surface area contributed by atoms with Gasteiger partial charge in [-0.2, -0.15) is 0 Å². The van der Waals surface area contributed by atoms with E-state index in [2.05, 4.69) is 25.8 Å². The predicted molar refractivity (Wildman–Crippen MR) is 77.7 cm³/mol. The Morgan fingerprint density at radius 2 is 2.20 bits per heavy atom. The van der Waals surface area contributed by atoms with E-state index in [0.717, 1.165) is 23.7 Å². The molecule has 0 radical (unpaired) electrons. The third-order valence-corrected chi connectivity index (χ3v) is 4.30. The Morgan fingerprint density at radius 3 is 2.80 bits per heavy atom. The molecule has 0 aliphatic heterocycles. The van der Waals surface area contributed by atoms with E-state index >= 15 is 0 Å². The molecule has 1 aromatic heterocycles. The number of hydrogen-bond donors (Lipinski definition) is 1. The van der Waals surface area contributed by atoms with Gasteiger partial charge in [0.25, 0.3) is 0 Å². The standard InChI is InChI=1S/C14H17FN2O2S/c1-4-14(2,3)17-11-6-5-9(15)7-10(11)16-13(17)20-8-12(18)19/h5-7H,4,8H2,1-3H3,(H,18,19). The van der Waals surface area contributed by atoms with Crippen LogP contribution < -0.4 is 0 Å². The zero-order chi connectivity index (χ0) is 14.9. The number of halogens is 1. The molecule has 1 heterocycles.